The summed E-state index contributed by atoms with van der Waals surface area (Å²) >= 11 is 0. The van der Waals surface area contributed by atoms with E-state index in [4.69, 9.17) is 9.47 Å². The molecule has 1 N–H and O–H groups in total. The van der Waals surface area contributed by atoms with E-state index in [9.17, 15) is 5.11 Å². The van der Waals surface area contributed by atoms with Crippen molar-refractivity contribution in [3.63, 3.8) is 0 Å². The normalized spacial score (nSPS) is 15.2. The van der Waals surface area contributed by atoms with Crippen LogP contribution in [0, 0.1) is 6.92 Å². The van der Waals surface area contributed by atoms with Crippen molar-refractivity contribution in [2.75, 3.05) is 13.2 Å². The second kappa shape index (κ2) is 3.42. The summed E-state index contributed by atoms with van der Waals surface area (Å²) in [5.74, 6) is 1.41. The second-order valence-corrected chi connectivity index (χ2v) is 4.40. The van der Waals surface area contributed by atoms with Gasteiger partial charge in [-0.15, -0.1) is 0 Å². The minimum Gasteiger partial charge on any atom is -0.486 e. The van der Waals surface area contributed by atoms with Crippen molar-refractivity contribution in [3.8, 4) is 11.5 Å². The molecule has 0 fully saturated rings. The fourth-order valence-electron chi connectivity index (χ4n) is 1.75. The SMILES string of the molecule is Cc1cc2c(c(C(C)(C)O)c1)OCCO2. The van der Waals surface area contributed by atoms with Crippen molar-refractivity contribution >= 4 is 0 Å². The third-order valence-corrected chi connectivity index (χ3v) is 2.45. The molecule has 0 amide bonds. The quantitative estimate of drug-likeness (QED) is 0.767. The van der Waals surface area contributed by atoms with Gasteiger partial charge in [0.1, 0.15) is 13.2 Å². The molecular formula is C12H16O3. The van der Waals surface area contributed by atoms with Crippen LogP contribution >= 0.6 is 0 Å². The highest BCUT2D eigenvalue weighted by Gasteiger charge is 2.26. The van der Waals surface area contributed by atoms with E-state index in [0.717, 1.165) is 16.9 Å². The van der Waals surface area contributed by atoms with E-state index in [-0.39, 0.29) is 0 Å². The van der Waals surface area contributed by atoms with Crippen LogP contribution in [0.25, 0.3) is 0 Å². The Morgan fingerprint density at radius 2 is 1.87 bits per heavy atom. The maximum atomic E-state index is 10.0. The number of ether oxygens (including phenoxy) is 2. The van der Waals surface area contributed by atoms with Crippen LogP contribution in [0.4, 0.5) is 0 Å². The summed E-state index contributed by atoms with van der Waals surface area (Å²) in [6.07, 6.45) is 0. The first-order valence-electron chi connectivity index (χ1n) is 5.11. The van der Waals surface area contributed by atoms with Crippen LogP contribution in [0.2, 0.25) is 0 Å². The number of rotatable bonds is 1. The van der Waals surface area contributed by atoms with Crippen molar-refractivity contribution in [2.45, 2.75) is 26.4 Å². The average Bonchev–Trinajstić information content (AvgIpc) is 2.15. The summed E-state index contributed by atoms with van der Waals surface area (Å²) in [5, 5.41) is 10.0. The molecule has 0 spiro atoms. The molecule has 1 aromatic carbocycles. The number of hydrogen-bond acceptors (Lipinski definition) is 3. The second-order valence-electron chi connectivity index (χ2n) is 4.40. The van der Waals surface area contributed by atoms with Crippen molar-refractivity contribution in [3.05, 3.63) is 23.3 Å². The van der Waals surface area contributed by atoms with Crippen LogP contribution in [0.5, 0.6) is 11.5 Å². The summed E-state index contributed by atoms with van der Waals surface area (Å²) in [5.41, 5.74) is 0.949. The standard InChI is InChI=1S/C12H16O3/c1-8-6-9(12(2,3)13)11-10(7-8)14-4-5-15-11/h6-7,13H,4-5H2,1-3H3. The molecule has 3 nitrogen and oxygen atoms in total. The van der Waals surface area contributed by atoms with Gasteiger partial charge in [0.15, 0.2) is 11.5 Å². The van der Waals surface area contributed by atoms with E-state index < -0.39 is 5.60 Å². The van der Waals surface area contributed by atoms with Crippen LogP contribution in [0.3, 0.4) is 0 Å². The summed E-state index contributed by atoms with van der Waals surface area (Å²) in [6.45, 7) is 6.59. The molecule has 2 rings (SSSR count). The predicted molar refractivity (Wildman–Crippen MR) is 57.4 cm³/mol. The lowest BCUT2D eigenvalue weighted by Crippen LogP contribution is -2.22. The molecule has 0 saturated heterocycles. The first-order valence-corrected chi connectivity index (χ1v) is 5.11. The Hall–Kier alpha value is -1.22. The van der Waals surface area contributed by atoms with Gasteiger partial charge in [0, 0.05) is 5.56 Å². The zero-order valence-corrected chi connectivity index (χ0v) is 9.33. The zero-order chi connectivity index (χ0) is 11.1. The lowest BCUT2D eigenvalue weighted by Gasteiger charge is -2.27. The molecular weight excluding hydrogens is 192 g/mol. The van der Waals surface area contributed by atoms with Gasteiger partial charge in [0.25, 0.3) is 0 Å². The molecule has 0 radical (unpaired) electrons. The van der Waals surface area contributed by atoms with Gasteiger partial charge >= 0.3 is 0 Å². The van der Waals surface area contributed by atoms with Crippen molar-refractivity contribution in [2.24, 2.45) is 0 Å². The van der Waals surface area contributed by atoms with Crippen LogP contribution in [-0.2, 0) is 5.60 Å². The number of benzene rings is 1. The summed E-state index contributed by atoms with van der Waals surface area (Å²) in [6, 6.07) is 3.87. The molecule has 0 atom stereocenters. The number of fused-ring (bicyclic) bond motifs is 1. The van der Waals surface area contributed by atoms with E-state index in [1.54, 1.807) is 13.8 Å². The lowest BCUT2D eigenvalue weighted by molar-refractivity contribution is 0.0702. The molecule has 0 bridgehead atoms. The van der Waals surface area contributed by atoms with Gasteiger partial charge in [-0.25, -0.2) is 0 Å². The fraction of sp³-hybridized carbons (Fsp3) is 0.500. The molecule has 1 aromatic rings. The zero-order valence-electron chi connectivity index (χ0n) is 9.33. The van der Waals surface area contributed by atoms with Gasteiger partial charge < -0.3 is 14.6 Å². The molecule has 0 saturated carbocycles. The molecule has 3 heteroatoms. The van der Waals surface area contributed by atoms with Gasteiger partial charge in [-0.3, -0.25) is 0 Å². The largest absolute Gasteiger partial charge is 0.486 e. The first-order chi connectivity index (χ1) is 6.98. The van der Waals surface area contributed by atoms with Gasteiger partial charge in [-0.2, -0.15) is 0 Å². The Labute approximate surface area is 89.6 Å². The van der Waals surface area contributed by atoms with E-state index in [1.165, 1.54) is 0 Å². The average molecular weight is 208 g/mol. The Balaban J connectivity index is 2.58. The van der Waals surface area contributed by atoms with Crippen LogP contribution in [0.15, 0.2) is 12.1 Å². The summed E-state index contributed by atoms with van der Waals surface area (Å²) in [4.78, 5) is 0. The highest BCUT2D eigenvalue weighted by atomic mass is 16.6. The van der Waals surface area contributed by atoms with E-state index in [0.29, 0.717) is 19.0 Å². The van der Waals surface area contributed by atoms with Gasteiger partial charge in [0.05, 0.1) is 5.60 Å². The Morgan fingerprint density at radius 1 is 1.20 bits per heavy atom. The molecule has 0 aromatic heterocycles. The van der Waals surface area contributed by atoms with Crippen LogP contribution in [-0.4, -0.2) is 18.3 Å². The Bertz CT molecular complexity index is 377. The Morgan fingerprint density at radius 3 is 2.53 bits per heavy atom. The molecule has 82 valence electrons. The monoisotopic (exact) mass is 208 g/mol. The molecule has 15 heavy (non-hydrogen) atoms. The number of aryl methyl sites for hydroxylation is 1. The maximum Gasteiger partial charge on any atom is 0.167 e. The highest BCUT2D eigenvalue weighted by molar-refractivity contribution is 5.52. The van der Waals surface area contributed by atoms with E-state index >= 15 is 0 Å². The van der Waals surface area contributed by atoms with Crippen LogP contribution < -0.4 is 9.47 Å². The third-order valence-electron chi connectivity index (χ3n) is 2.45. The van der Waals surface area contributed by atoms with Gasteiger partial charge in [-0.05, 0) is 38.5 Å². The van der Waals surface area contributed by atoms with Crippen molar-refractivity contribution in [1.29, 1.82) is 0 Å². The van der Waals surface area contributed by atoms with Gasteiger partial charge in [-0.1, -0.05) is 0 Å². The third kappa shape index (κ3) is 1.92. The molecule has 0 aliphatic carbocycles. The van der Waals surface area contributed by atoms with Crippen LogP contribution in [0.1, 0.15) is 25.0 Å². The summed E-state index contributed by atoms with van der Waals surface area (Å²) in [7, 11) is 0. The topological polar surface area (TPSA) is 38.7 Å². The van der Waals surface area contributed by atoms with Crippen molar-refractivity contribution in [1.82, 2.24) is 0 Å². The first kappa shape index (κ1) is 10.3. The smallest absolute Gasteiger partial charge is 0.167 e. The maximum absolute atomic E-state index is 10.0. The fourth-order valence-corrected chi connectivity index (χ4v) is 1.75. The minimum atomic E-state index is -0.906. The lowest BCUT2D eigenvalue weighted by atomic mass is 9.95. The molecule has 1 aliphatic rings. The van der Waals surface area contributed by atoms with E-state index in [1.807, 2.05) is 19.1 Å². The number of hydrogen-bond donors (Lipinski definition) is 1. The predicted octanol–water partition coefficient (Wildman–Crippen LogP) is 1.99. The van der Waals surface area contributed by atoms with E-state index in [2.05, 4.69) is 0 Å². The summed E-state index contributed by atoms with van der Waals surface area (Å²) < 4.78 is 11.1. The van der Waals surface area contributed by atoms with Crippen molar-refractivity contribution < 1.29 is 14.6 Å². The number of aliphatic hydroxyl groups is 1. The van der Waals surface area contributed by atoms with Gasteiger partial charge in [0.2, 0.25) is 0 Å². The minimum absolute atomic E-state index is 0.541. The molecule has 0 unspecified atom stereocenters. The highest BCUT2D eigenvalue weighted by Crippen LogP contribution is 2.40. The molecule has 1 aliphatic heterocycles. The molecule has 1 heterocycles. The Kier molecular flexibility index (Phi) is 2.35.